The molecule has 0 bridgehead atoms. The summed E-state index contributed by atoms with van der Waals surface area (Å²) in [5.74, 6) is -7.95. The lowest BCUT2D eigenvalue weighted by atomic mass is 9.84. The van der Waals surface area contributed by atoms with Gasteiger partial charge in [0, 0.05) is 37.8 Å². The molecule has 0 aromatic heterocycles. The van der Waals surface area contributed by atoms with Crippen molar-refractivity contribution in [3.8, 4) is 11.1 Å². The smallest absolute Gasteiger partial charge is 0.367 e. The molecule has 0 radical (unpaired) electrons. The van der Waals surface area contributed by atoms with Crippen LogP contribution in [0.15, 0.2) is 54.6 Å². The number of hydrogen-bond acceptors (Lipinski definition) is 10. The van der Waals surface area contributed by atoms with Crippen LogP contribution in [0.25, 0.3) is 11.1 Å². The molecular formula is C33H42ClN3O12. The predicted molar refractivity (Wildman–Crippen MR) is 174 cm³/mol. The highest BCUT2D eigenvalue weighted by Crippen LogP contribution is 2.34. The number of carbonyl (C=O) groups excluding carboxylic acids is 3. The van der Waals surface area contributed by atoms with Crippen molar-refractivity contribution in [1.82, 2.24) is 16.0 Å². The van der Waals surface area contributed by atoms with Crippen LogP contribution in [-0.4, -0.2) is 117 Å². The Morgan fingerprint density at radius 2 is 1.55 bits per heavy atom. The molecule has 16 heteroatoms. The van der Waals surface area contributed by atoms with Crippen molar-refractivity contribution in [2.45, 2.75) is 81.3 Å². The van der Waals surface area contributed by atoms with Crippen molar-refractivity contribution in [1.29, 1.82) is 0 Å². The first-order chi connectivity index (χ1) is 23.3. The molecule has 2 aromatic rings. The summed E-state index contributed by atoms with van der Waals surface area (Å²) in [6.45, 7) is 0.198. The molecule has 2 aromatic carbocycles. The summed E-state index contributed by atoms with van der Waals surface area (Å²) in [6, 6.07) is 12.9. The molecule has 0 unspecified atom stereocenters. The number of rotatable bonds is 18. The summed E-state index contributed by atoms with van der Waals surface area (Å²) < 4.78 is 11.3. The zero-order chi connectivity index (χ0) is 36.1. The molecule has 0 saturated carbocycles. The summed E-state index contributed by atoms with van der Waals surface area (Å²) in [5, 5.41) is 60.2. The molecule has 1 heterocycles. The lowest BCUT2D eigenvalue weighted by Gasteiger charge is -2.50. The first-order valence-corrected chi connectivity index (χ1v) is 16.2. The Balaban J connectivity index is 1.83. The molecular weight excluding hydrogens is 666 g/mol. The van der Waals surface area contributed by atoms with Crippen LogP contribution in [0.2, 0.25) is 0 Å². The maximum absolute atomic E-state index is 12.9. The van der Waals surface area contributed by atoms with Crippen LogP contribution in [0.5, 0.6) is 0 Å². The summed E-state index contributed by atoms with van der Waals surface area (Å²) in [4.78, 5) is 61.3. The molecule has 3 rings (SSSR count). The lowest BCUT2D eigenvalue weighted by molar-refractivity contribution is -0.333. The predicted octanol–water partition coefficient (Wildman–Crippen LogP) is 0.626. The Morgan fingerprint density at radius 3 is 2.14 bits per heavy atom. The van der Waals surface area contributed by atoms with Gasteiger partial charge in [-0.25, -0.2) is 4.79 Å². The number of alkyl halides is 1. The molecule has 0 aliphatic carbocycles. The number of unbranched alkanes of at least 4 members (excludes halogenated alkanes) is 2. The third-order valence-corrected chi connectivity index (χ3v) is 8.10. The highest BCUT2D eigenvalue weighted by Gasteiger charge is 2.62. The van der Waals surface area contributed by atoms with Gasteiger partial charge in [-0.2, -0.15) is 0 Å². The van der Waals surface area contributed by atoms with Crippen LogP contribution in [0.1, 0.15) is 49.4 Å². The van der Waals surface area contributed by atoms with E-state index in [0.29, 0.717) is 6.42 Å². The van der Waals surface area contributed by atoms with E-state index in [0.717, 1.165) is 18.1 Å². The second-order valence-corrected chi connectivity index (χ2v) is 11.9. The van der Waals surface area contributed by atoms with Gasteiger partial charge in [-0.15, -0.1) is 11.6 Å². The molecule has 49 heavy (non-hydrogen) atoms. The molecule has 3 amide bonds. The number of carbonyl (C=O) groups is 5. The fourth-order valence-electron chi connectivity index (χ4n) is 5.40. The first kappa shape index (κ1) is 39.3. The van der Waals surface area contributed by atoms with Crippen molar-refractivity contribution in [3.05, 3.63) is 60.2 Å². The third-order valence-electron chi connectivity index (χ3n) is 7.91. The van der Waals surface area contributed by atoms with Gasteiger partial charge in [-0.1, -0.05) is 48.9 Å². The van der Waals surface area contributed by atoms with Crippen molar-refractivity contribution < 1.29 is 59.0 Å². The van der Waals surface area contributed by atoms with Gasteiger partial charge in [0.2, 0.25) is 11.8 Å². The number of aliphatic hydroxyl groups excluding tert-OH is 3. The molecule has 15 nitrogen and oxygen atoms in total. The monoisotopic (exact) mass is 707 g/mol. The van der Waals surface area contributed by atoms with Crippen LogP contribution in [0.4, 0.5) is 0 Å². The van der Waals surface area contributed by atoms with Crippen LogP contribution < -0.4 is 16.0 Å². The molecule has 0 spiro atoms. The SMILES string of the molecule is CC(=O)N[C@@H]1[C@@H](NC(=O)CCCl)[C@H](O)[C@](OCCCCCC(=O)O)(C(=O)O)O[C@H]1[C@H](O)[C@H](O)CNC(=O)c1ccc(-c2ccccc2)cc1. The number of aliphatic carboxylic acids is 2. The van der Waals surface area contributed by atoms with E-state index in [-0.39, 0.29) is 43.7 Å². The molecule has 1 aliphatic rings. The topological polar surface area (TPSA) is 241 Å². The molecule has 1 saturated heterocycles. The van der Waals surface area contributed by atoms with Crippen LogP contribution in [0.3, 0.4) is 0 Å². The van der Waals surface area contributed by atoms with E-state index < -0.39 is 78.5 Å². The second kappa shape index (κ2) is 18.6. The Kier molecular flexibility index (Phi) is 14.9. The van der Waals surface area contributed by atoms with Gasteiger partial charge in [-0.3, -0.25) is 19.2 Å². The highest BCUT2D eigenvalue weighted by atomic mass is 35.5. The largest absolute Gasteiger partial charge is 0.481 e. The van der Waals surface area contributed by atoms with E-state index >= 15 is 0 Å². The fraction of sp³-hybridized carbons (Fsp3) is 0.485. The van der Waals surface area contributed by atoms with Gasteiger partial charge in [0.05, 0.1) is 24.8 Å². The number of ether oxygens (including phenoxy) is 2. The van der Waals surface area contributed by atoms with Crippen LogP contribution in [-0.2, 0) is 28.7 Å². The van der Waals surface area contributed by atoms with Crippen molar-refractivity contribution in [2.24, 2.45) is 0 Å². The molecule has 1 fully saturated rings. The van der Waals surface area contributed by atoms with E-state index in [1.807, 2.05) is 30.3 Å². The van der Waals surface area contributed by atoms with Gasteiger partial charge in [-0.05, 0) is 36.1 Å². The Labute approximate surface area is 287 Å². The maximum Gasteiger partial charge on any atom is 0.367 e. The first-order valence-electron chi connectivity index (χ1n) is 15.7. The van der Waals surface area contributed by atoms with E-state index in [9.17, 15) is 44.4 Å². The number of benzene rings is 2. The molecule has 268 valence electrons. The number of carboxylic acids is 2. The molecule has 7 atom stereocenters. The highest BCUT2D eigenvalue weighted by molar-refractivity contribution is 6.18. The number of halogens is 1. The summed E-state index contributed by atoms with van der Waals surface area (Å²) in [6.07, 6.45) is -7.46. The number of hydrogen-bond donors (Lipinski definition) is 8. The van der Waals surface area contributed by atoms with Gasteiger partial charge in [0.25, 0.3) is 11.7 Å². The summed E-state index contributed by atoms with van der Waals surface area (Å²) >= 11 is 5.69. The average molecular weight is 708 g/mol. The minimum absolute atomic E-state index is 0.127. The van der Waals surface area contributed by atoms with Gasteiger partial charge in [0.15, 0.2) is 0 Å². The van der Waals surface area contributed by atoms with Crippen molar-refractivity contribution in [3.63, 3.8) is 0 Å². The van der Waals surface area contributed by atoms with E-state index in [1.165, 1.54) is 0 Å². The average Bonchev–Trinajstić information content (AvgIpc) is 3.07. The van der Waals surface area contributed by atoms with E-state index in [2.05, 4.69) is 16.0 Å². The molecule has 1 aliphatic heterocycles. The van der Waals surface area contributed by atoms with Crippen molar-refractivity contribution in [2.75, 3.05) is 19.0 Å². The number of aliphatic hydroxyl groups is 3. The number of amides is 3. The summed E-state index contributed by atoms with van der Waals surface area (Å²) in [5.41, 5.74) is 2.06. The number of nitrogens with one attached hydrogen (secondary N) is 3. The zero-order valence-corrected chi connectivity index (χ0v) is 27.5. The normalized spacial score (nSPS) is 23.1. The summed E-state index contributed by atoms with van der Waals surface area (Å²) in [7, 11) is 0. The third kappa shape index (κ3) is 10.7. The van der Waals surface area contributed by atoms with E-state index in [4.69, 9.17) is 26.2 Å². The van der Waals surface area contributed by atoms with Gasteiger partial charge in [0.1, 0.15) is 18.3 Å². The standard InChI is InChI=1S/C33H42ClN3O12/c1-19(38)36-26-27(37-24(40)15-16-34)30(44)33(32(46)47,48-17-7-3-6-10-25(41)42)49-29(26)28(43)23(39)18-35-31(45)22-13-11-21(12-14-22)20-8-4-2-5-9-20/h2,4-5,8-9,11-14,23,26-30,39,43-44H,3,6-7,10,15-18H2,1H3,(H,35,45)(H,36,38)(H,37,40)(H,41,42)(H,46,47)/t23-,26-,27-,28-,29-,30+,33-/m1/s1. The minimum atomic E-state index is -2.92. The minimum Gasteiger partial charge on any atom is -0.481 e. The van der Waals surface area contributed by atoms with Gasteiger partial charge < -0.3 is 51.0 Å². The maximum atomic E-state index is 12.9. The Bertz CT molecular complexity index is 1430. The second-order valence-electron chi connectivity index (χ2n) is 11.5. The quantitative estimate of drug-likeness (QED) is 0.0786. The molecule has 8 N–H and O–H groups in total. The van der Waals surface area contributed by atoms with E-state index in [1.54, 1.807) is 24.3 Å². The van der Waals surface area contributed by atoms with Gasteiger partial charge >= 0.3 is 11.9 Å². The number of carboxylic acid groups (broad SMARTS) is 2. The Hall–Kier alpha value is -4.12. The lowest BCUT2D eigenvalue weighted by Crippen LogP contribution is -2.77. The fourth-order valence-corrected chi connectivity index (χ4v) is 5.58. The van der Waals surface area contributed by atoms with Crippen LogP contribution in [0, 0.1) is 0 Å². The van der Waals surface area contributed by atoms with Crippen molar-refractivity contribution >= 4 is 41.3 Å². The Morgan fingerprint density at radius 1 is 0.898 bits per heavy atom. The van der Waals surface area contributed by atoms with Crippen LogP contribution >= 0.6 is 11.6 Å². The zero-order valence-electron chi connectivity index (χ0n) is 26.8.